The number of nitrogens with two attached hydrogens (primary N) is 1. The maximum atomic E-state index is 12.0. The summed E-state index contributed by atoms with van der Waals surface area (Å²) in [5.74, 6) is 0. The van der Waals surface area contributed by atoms with Crippen LogP contribution in [-0.2, 0) is 0 Å². The van der Waals surface area contributed by atoms with Crippen LogP contribution in [0.2, 0.25) is 0 Å². The molecular formula is C10H11F3IN. The minimum atomic E-state index is -4.13. The van der Waals surface area contributed by atoms with Crippen LogP contribution < -0.4 is 5.73 Å². The summed E-state index contributed by atoms with van der Waals surface area (Å²) in [5, 5.41) is 0. The van der Waals surface area contributed by atoms with Crippen LogP contribution in [-0.4, -0.2) is 6.18 Å². The van der Waals surface area contributed by atoms with Gasteiger partial charge in [-0.15, -0.1) is 0 Å². The Morgan fingerprint density at radius 1 is 1.27 bits per heavy atom. The lowest BCUT2D eigenvalue weighted by Crippen LogP contribution is -2.16. The molecule has 0 aromatic heterocycles. The van der Waals surface area contributed by atoms with Gasteiger partial charge < -0.3 is 5.73 Å². The Bertz CT molecular complexity index is 325. The molecule has 84 valence electrons. The Labute approximate surface area is 100.0 Å². The van der Waals surface area contributed by atoms with Crippen LogP contribution >= 0.6 is 22.6 Å². The first-order valence-corrected chi connectivity index (χ1v) is 5.55. The van der Waals surface area contributed by atoms with Crippen molar-refractivity contribution < 1.29 is 13.2 Å². The molecule has 1 atom stereocenters. The molecule has 0 unspecified atom stereocenters. The minimum Gasteiger partial charge on any atom is -0.324 e. The minimum absolute atomic E-state index is 0.0660. The molecule has 1 rings (SSSR count). The topological polar surface area (TPSA) is 26.0 Å². The lowest BCUT2D eigenvalue weighted by Gasteiger charge is -2.14. The first-order valence-electron chi connectivity index (χ1n) is 4.47. The smallest absolute Gasteiger partial charge is 0.324 e. The molecule has 0 saturated heterocycles. The van der Waals surface area contributed by atoms with Gasteiger partial charge >= 0.3 is 6.18 Å². The van der Waals surface area contributed by atoms with Crippen molar-refractivity contribution in [2.45, 2.75) is 25.1 Å². The summed E-state index contributed by atoms with van der Waals surface area (Å²) < 4.78 is 36.8. The summed E-state index contributed by atoms with van der Waals surface area (Å²) in [5.41, 5.74) is 6.48. The molecule has 0 fully saturated rings. The lowest BCUT2D eigenvalue weighted by atomic mass is 10.0. The summed E-state index contributed by atoms with van der Waals surface area (Å²) >= 11 is 2.07. The maximum Gasteiger partial charge on any atom is 0.389 e. The molecule has 0 saturated carbocycles. The molecule has 1 aromatic carbocycles. The predicted molar refractivity (Wildman–Crippen MR) is 61.4 cm³/mol. The van der Waals surface area contributed by atoms with E-state index in [-0.39, 0.29) is 6.42 Å². The summed E-state index contributed by atoms with van der Waals surface area (Å²) in [4.78, 5) is 0. The van der Waals surface area contributed by atoms with Gasteiger partial charge in [0.15, 0.2) is 0 Å². The van der Waals surface area contributed by atoms with Gasteiger partial charge in [-0.25, -0.2) is 0 Å². The second-order valence-electron chi connectivity index (χ2n) is 3.28. The van der Waals surface area contributed by atoms with E-state index in [0.29, 0.717) is 0 Å². The Morgan fingerprint density at radius 3 is 2.40 bits per heavy atom. The maximum absolute atomic E-state index is 12.0. The zero-order chi connectivity index (χ0) is 11.5. The standard InChI is InChI=1S/C10H11F3IN/c11-10(12,13)6-5-9(15)7-3-1-2-4-8(7)14/h1-4,9H,5-6,15H2/t9-/m0/s1. The molecule has 0 amide bonds. The fourth-order valence-electron chi connectivity index (χ4n) is 1.25. The summed E-state index contributed by atoms with van der Waals surface area (Å²) in [6, 6.07) is 6.68. The first kappa shape index (κ1) is 12.8. The van der Waals surface area contributed by atoms with Gasteiger partial charge in [-0.1, -0.05) is 18.2 Å². The third-order valence-corrected chi connectivity index (χ3v) is 3.03. The van der Waals surface area contributed by atoms with Gasteiger partial charge in [0.25, 0.3) is 0 Å². The highest BCUT2D eigenvalue weighted by Crippen LogP contribution is 2.27. The Morgan fingerprint density at radius 2 is 1.87 bits per heavy atom. The molecule has 0 radical (unpaired) electrons. The Hall–Kier alpha value is -0.300. The molecule has 1 nitrogen and oxygen atoms in total. The number of rotatable bonds is 3. The number of alkyl halides is 3. The monoisotopic (exact) mass is 329 g/mol. The SMILES string of the molecule is N[C@@H](CCC(F)(F)F)c1ccccc1I. The number of hydrogen-bond donors (Lipinski definition) is 1. The average molecular weight is 329 g/mol. The molecular weight excluding hydrogens is 318 g/mol. The highest BCUT2D eigenvalue weighted by atomic mass is 127. The highest BCUT2D eigenvalue weighted by molar-refractivity contribution is 14.1. The molecule has 0 spiro atoms. The molecule has 0 aliphatic rings. The van der Waals surface area contributed by atoms with Crippen LogP contribution in [0.1, 0.15) is 24.4 Å². The normalized spacial score (nSPS) is 13.9. The largest absolute Gasteiger partial charge is 0.389 e. The van der Waals surface area contributed by atoms with E-state index in [9.17, 15) is 13.2 Å². The van der Waals surface area contributed by atoms with E-state index in [2.05, 4.69) is 22.6 Å². The van der Waals surface area contributed by atoms with Crippen molar-refractivity contribution in [1.82, 2.24) is 0 Å². The van der Waals surface area contributed by atoms with E-state index < -0.39 is 18.6 Å². The van der Waals surface area contributed by atoms with Crippen molar-refractivity contribution in [2.75, 3.05) is 0 Å². The van der Waals surface area contributed by atoms with Crippen molar-refractivity contribution in [3.05, 3.63) is 33.4 Å². The fourth-order valence-corrected chi connectivity index (χ4v) is 2.04. The first-order chi connectivity index (χ1) is 6.90. The zero-order valence-corrected chi connectivity index (χ0v) is 10.0. The van der Waals surface area contributed by atoms with Gasteiger partial charge in [0.2, 0.25) is 0 Å². The highest BCUT2D eigenvalue weighted by Gasteiger charge is 2.28. The molecule has 0 aliphatic carbocycles. The molecule has 15 heavy (non-hydrogen) atoms. The molecule has 5 heteroatoms. The van der Waals surface area contributed by atoms with E-state index in [0.717, 1.165) is 9.13 Å². The van der Waals surface area contributed by atoms with Crippen molar-refractivity contribution in [3.8, 4) is 0 Å². The summed E-state index contributed by atoms with van der Waals surface area (Å²) in [7, 11) is 0. The van der Waals surface area contributed by atoms with E-state index >= 15 is 0 Å². The van der Waals surface area contributed by atoms with Gasteiger partial charge in [0, 0.05) is 16.0 Å². The summed E-state index contributed by atoms with van der Waals surface area (Å²) in [6.07, 6.45) is -5.03. The predicted octanol–water partition coefficient (Wildman–Crippen LogP) is 3.63. The number of halogens is 4. The van der Waals surface area contributed by atoms with Crippen LogP contribution in [0.15, 0.2) is 24.3 Å². The van der Waals surface area contributed by atoms with Crippen LogP contribution in [0.4, 0.5) is 13.2 Å². The van der Waals surface area contributed by atoms with Crippen molar-refractivity contribution in [3.63, 3.8) is 0 Å². The van der Waals surface area contributed by atoms with E-state index in [1.807, 2.05) is 12.1 Å². The zero-order valence-electron chi connectivity index (χ0n) is 7.89. The van der Waals surface area contributed by atoms with Gasteiger partial charge in [0.1, 0.15) is 0 Å². The van der Waals surface area contributed by atoms with Crippen LogP contribution in [0.5, 0.6) is 0 Å². The Kier molecular flexibility index (Phi) is 4.39. The lowest BCUT2D eigenvalue weighted by molar-refractivity contribution is -0.136. The van der Waals surface area contributed by atoms with Crippen LogP contribution in [0, 0.1) is 3.57 Å². The third-order valence-electron chi connectivity index (χ3n) is 2.04. The van der Waals surface area contributed by atoms with E-state index in [4.69, 9.17) is 5.73 Å². The molecule has 0 bridgehead atoms. The molecule has 0 heterocycles. The molecule has 1 aromatic rings. The van der Waals surface area contributed by atoms with Gasteiger partial charge in [-0.3, -0.25) is 0 Å². The average Bonchev–Trinajstić information content (AvgIpc) is 2.14. The van der Waals surface area contributed by atoms with Crippen molar-refractivity contribution in [1.29, 1.82) is 0 Å². The van der Waals surface area contributed by atoms with Crippen LogP contribution in [0.25, 0.3) is 0 Å². The Balaban J connectivity index is 2.62. The number of hydrogen-bond acceptors (Lipinski definition) is 1. The fraction of sp³-hybridized carbons (Fsp3) is 0.400. The second kappa shape index (κ2) is 5.16. The van der Waals surface area contributed by atoms with Gasteiger partial charge in [0.05, 0.1) is 0 Å². The molecule has 0 aliphatic heterocycles. The van der Waals surface area contributed by atoms with Gasteiger partial charge in [-0.2, -0.15) is 13.2 Å². The quantitative estimate of drug-likeness (QED) is 0.842. The summed E-state index contributed by atoms with van der Waals surface area (Å²) in [6.45, 7) is 0. The van der Waals surface area contributed by atoms with E-state index in [1.165, 1.54) is 0 Å². The third kappa shape index (κ3) is 4.38. The van der Waals surface area contributed by atoms with Crippen molar-refractivity contribution >= 4 is 22.6 Å². The molecule has 2 N–H and O–H groups in total. The van der Waals surface area contributed by atoms with Crippen LogP contribution in [0.3, 0.4) is 0 Å². The number of benzene rings is 1. The second-order valence-corrected chi connectivity index (χ2v) is 4.44. The van der Waals surface area contributed by atoms with Gasteiger partial charge in [-0.05, 0) is 40.6 Å². The van der Waals surface area contributed by atoms with E-state index in [1.54, 1.807) is 12.1 Å². The van der Waals surface area contributed by atoms with Crippen molar-refractivity contribution in [2.24, 2.45) is 5.73 Å².